The van der Waals surface area contributed by atoms with E-state index in [-0.39, 0.29) is 5.91 Å². The third-order valence-corrected chi connectivity index (χ3v) is 4.91. The normalized spacial score (nSPS) is 18.5. The number of carbonyl (C=O) groups excluding carboxylic acids is 1. The van der Waals surface area contributed by atoms with E-state index in [0.717, 1.165) is 55.2 Å². The van der Waals surface area contributed by atoms with E-state index in [9.17, 15) is 4.79 Å². The molecule has 26 heavy (non-hydrogen) atoms. The molecule has 5 nitrogen and oxygen atoms in total. The van der Waals surface area contributed by atoms with Crippen molar-refractivity contribution in [3.63, 3.8) is 0 Å². The number of fused-ring (bicyclic) bond motifs is 1. The molecule has 3 N–H and O–H groups in total. The first-order chi connectivity index (χ1) is 12.8. The maximum Gasteiger partial charge on any atom is 0.257 e. The van der Waals surface area contributed by atoms with E-state index in [1.165, 1.54) is 0 Å². The summed E-state index contributed by atoms with van der Waals surface area (Å²) < 4.78 is 5.40. The number of hydrogen-bond acceptors (Lipinski definition) is 4. The Morgan fingerprint density at radius 2 is 1.77 bits per heavy atom. The van der Waals surface area contributed by atoms with Crippen molar-refractivity contribution in [1.29, 1.82) is 0 Å². The number of benzene rings is 2. The Hall–Kier alpha value is -2.79. The fourth-order valence-electron chi connectivity index (χ4n) is 3.33. The van der Waals surface area contributed by atoms with Crippen LogP contribution in [0.2, 0.25) is 0 Å². The van der Waals surface area contributed by atoms with Crippen LogP contribution in [0.5, 0.6) is 0 Å². The van der Waals surface area contributed by atoms with Crippen molar-refractivity contribution in [3.8, 4) is 0 Å². The zero-order valence-electron chi connectivity index (χ0n) is 14.6. The predicted octanol–water partition coefficient (Wildman–Crippen LogP) is 3.93. The van der Waals surface area contributed by atoms with Crippen molar-refractivity contribution in [2.45, 2.75) is 12.8 Å². The van der Waals surface area contributed by atoms with Gasteiger partial charge in [0.2, 0.25) is 0 Å². The van der Waals surface area contributed by atoms with Crippen LogP contribution in [0.3, 0.4) is 0 Å². The van der Waals surface area contributed by atoms with Gasteiger partial charge in [-0.1, -0.05) is 18.2 Å². The quantitative estimate of drug-likeness (QED) is 0.716. The van der Waals surface area contributed by atoms with Gasteiger partial charge in [-0.05, 0) is 49.1 Å². The van der Waals surface area contributed by atoms with E-state index < -0.39 is 0 Å². The highest BCUT2D eigenvalue weighted by Gasteiger charge is 2.23. The second kappa shape index (κ2) is 7.62. The molecule has 2 aromatic rings. The van der Waals surface area contributed by atoms with Gasteiger partial charge in [-0.15, -0.1) is 0 Å². The van der Waals surface area contributed by atoms with Gasteiger partial charge in [-0.2, -0.15) is 0 Å². The molecule has 2 aliphatic rings. The summed E-state index contributed by atoms with van der Waals surface area (Å²) in [4.78, 5) is 12.1. The van der Waals surface area contributed by atoms with Crippen LogP contribution in [0.25, 0.3) is 5.57 Å². The van der Waals surface area contributed by atoms with Gasteiger partial charge in [0.15, 0.2) is 0 Å². The molecule has 0 aromatic heterocycles. The van der Waals surface area contributed by atoms with Gasteiger partial charge >= 0.3 is 0 Å². The molecule has 1 saturated heterocycles. The van der Waals surface area contributed by atoms with Crippen LogP contribution in [-0.2, 0) is 9.53 Å². The van der Waals surface area contributed by atoms with Gasteiger partial charge in [-0.3, -0.25) is 4.79 Å². The Kier molecular flexibility index (Phi) is 4.88. The molecule has 0 radical (unpaired) electrons. The highest BCUT2D eigenvalue weighted by atomic mass is 16.5. The van der Waals surface area contributed by atoms with Crippen LogP contribution in [-0.4, -0.2) is 25.7 Å². The van der Waals surface area contributed by atoms with E-state index in [0.29, 0.717) is 11.5 Å². The van der Waals surface area contributed by atoms with Crippen molar-refractivity contribution < 1.29 is 9.53 Å². The van der Waals surface area contributed by atoms with Crippen LogP contribution in [0, 0.1) is 5.92 Å². The Balaban J connectivity index is 1.36. The topological polar surface area (TPSA) is 62.4 Å². The van der Waals surface area contributed by atoms with Crippen LogP contribution in [0.15, 0.2) is 54.7 Å². The van der Waals surface area contributed by atoms with Gasteiger partial charge in [0.05, 0.1) is 5.57 Å². The van der Waals surface area contributed by atoms with Crippen LogP contribution < -0.4 is 16.0 Å². The summed E-state index contributed by atoms with van der Waals surface area (Å²) in [6.07, 6.45) is 4.03. The highest BCUT2D eigenvalue weighted by molar-refractivity contribution is 6.31. The third kappa shape index (κ3) is 3.73. The minimum Gasteiger partial charge on any atom is -0.385 e. The van der Waals surface area contributed by atoms with Gasteiger partial charge in [-0.25, -0.2) is 0 Å². The Labute approximate surface area is 153 Å². The number of ether oxygens (including phenoxy) is 1. The van der Waals surface area contributed by atoms with Crippen molar-refractivity contribution >= 4 is 28.5 Å². The largest absolute Gasteiger partial charge is 0.385 e. The molecular formula is C21H23N3O2. The molecule has 1 fully saturated rings. The van der Waals surface area contributed by atoms with Gasteiger partial charge in [0, 0.05) is 48.6 Å². The fraction of sp³-hybridized carbons (Fsp3) is 0.286. The number of amides is 1. The average Bonchev–Trinajstić information content (AvgIpc) is 3.01. The molecule has 5 heteroatoms. The van der Waals surface area contributed by atoms with Gasteiger partial charge < -0.3 is 20.7 Å². The lowest BCUT2D eigenvalue weighted by atomic mass is 10.0. The lowest BCUT2D eigenvalue weighted by Crippen LogP contribution is -2.22. The summed E-state index contributed by atoms with van der Waals surface area (Å²) in [6.45, 7) is 2.73. The summed E-state index contributed by atoms with van der Waals surface area (Å²) in [5.74, 6) is 0.612. The van der Waals surface area contributed by atoms with Crippen molar-refractivity contribution in [2.75, 3.05) is 35.7 Å². The second-order valence-corrected chi connectivity index (χ2v) is 6.72. The first kappa shape index (κ1) is 16.7. The first-order valence-electron chi connectivity index (χ1n) is 9.09. The number of hydrogen-bond donors (Lipinski definition) is 3. The zero-order chi connectivity index (χ0) is 17.8. The number of carbonyl (C=O) groups is 1. The molecule has 0 bridgehead atoms. The van der Waals surface area contributed by atoms with E-state index in [4.69, 9.17) is 4.74 Å². The van der Waals surface area contributed by atoms with Gasteiger partial charge in [0.25, 0.3) is 5.91 Å². The fourth-order valence-corrected chi connectivity index (χ4v) is 3.33. The minimum atomic E-state index is -0.0755. The van der Waals surface area contributed by atoms with Crippen LogP contribution >= 0.6 is 0 Å². The predicted molar refractivity (Wildman–Crippen MR) is 105 cm³/mol. The van der Waals surface area contributed by atoms with E-state index in [2.05, 4.69) is 28.1 Å². The van der Waals surface area contributed by atoms with E-state index >= 15 is 0 Å². The standard InChI is InChI=1S/C21H23N3O2/c25-21-19(18-3-1-2-4-20(18)24-21)14-23-17-7-5-16(6-8-17)22-13-15-9-11-26-12-10-15/h1-8,14-15,22-23H,9-13H2,(H,24,25). The zero-order valence-corrected chi connectivity index (χ0v) is 14.6. The molecule has 0 spiro atoms. The molecule has 1 amide bonds. The lowest BCUT2D eigenvalue weighted by Gasteiger charge is -2.22. The smallest absolute Gasteiger partial charge is 0.257 e. The van der Waals surface area contributed by atoms with Crippen molar-refractivity contribution in [3.05, 3.63) is 60.3 Å². The molecule has 134 valence electrons. The van der Waals surface area contributed by atoms with Gasteiger partial charge in [0.1, 0.15) is 0 Å². The van der Waals surface area contributed by atoms with Crippen molar-refractivity contribution in [2.24, 2.45) is 5.92 Å². The lowest BCUT2D eigenvalue weighted by molar-refractivity contribution is -0.110. The third-order valence-electron chi connectivity index (χ3n) is 4.91. The summed E-state index contributed by atoms with van der Waals surface area (Å²) in [5, 5.41) is 9.59. The Morgan fingerprint density at radius 3 is 2.58 bits per heavy atom. The molecule has 2 aliphatic heterocycles. The molecule has 4 rings (SSSR count). The number of nitrogens with one attached hydrogen (secondary N) is 3. The van der Waals surface area contributed by atoms with E-state index in [1.807, 2.05) is 36.4 Å². The summed E-state index contributed by atoms with van der Waals surface area (Å²) in [5.41, 5.74) is 4.50. The molecule has 0 atom stereocenters. The maximum atomic E-state index is 12.1. The molecule has 2 aromatic carbocycles. The van der Waals surface area contributed by atoms with Crippen LogP contribution in [0.1, 0.15) is 18.4 Å². The summed E-state index contributed by atoms with van der Waals surface area (Å²) in [6, 6.07) is 15.9. The first-order valence-corrected chi connectivity index (χ1v) is 9.09. The SMILES string of the molecule is O=C1Nc2ccccc2C1=CNc1ccc(NCC2CCOCC2)cc1. The van der Waals surface area contributed by atoms with E-state index in [1.54, 1.807) is 6.20 Å². The maximum absolute atomic E-state index is 12.1. The monoisotopic (exact) mass is 349 g/mol. The van der Waals surface area contributed by atoms with Crippen molar-refractivity contribution in [1.82, 2.24) is 0 Å². The second-order valence-electron chi connectivity index (χ2n) is 6.72. The Bertz CT molecular complexity index is 808. The Morgan fingerprint density at radius 1 is 1.04 bits per heavy atom. The average molecular weight is 349 g/mol. The molecular weight excluding hydrogens is 326 g/mol. The number of para-hydroxylation sites is 1. The molecule has 0 saturated carbocycles. The van der Waals surface area contributed by atoms with Crippen LogP contribution in [0.4, 0.5) is 17.1 Å². The molecule has 0 unspecified atom stereocenters. The number of rotatable bonds is 5. The molecule has 2 heterocycles. The summed E-state index contributed by atoms with van der Waals surface area (Å²) in [7, 11) is 0. The number of anilines is 3. The molecule has 0 aliphatic carbocycles. The summed E-state index contributed by atoms with van der Waals surface area (Å²) >= 11 is 0. The highest BCUT2D eigenvalue weighted by Crippen LogP contribution is 2.31. The minimum absolute atomic E-state index is 0.0755.